The van der Waals surface area contributed by atoms with Gasteiger partial charge in [0.1, 0.15) is 17.9 Å². The van der Waals surface area contributed by atoms with Crippen LogP contribution in [0.4, 0.5) is 5.69 Å². The fourth-order valence-corrected chi connectivity index (χ4v) is 10.2. The van der Waals surface area contributed by atoms with Gasteiger partial charge in [0.05, 0.1) is 39.0 Å². The number of anilines is 1. The molecular weight excluding hydrogens is 771 g/mol. The van der Waals surface area contributed by atoms with E-state index in [4.69, 9.17) is 14.6 Å². The molecule has 3 aromatic carbocycles. The predicted molar refractivity (Wildman–Crippen MR) is 241 cm³/mol. The second-order valence-corrected chi connectivity index (χ2v) is 18.7. The lowest BCUT2D eigenvalue weighted by molar-refractivity contribution is -0.183. The van der Waals surface area contributed by atoms with E-state index in [1.807, 2.05) is 112 Å². The summed E-state index contributed by atoms with van der Waals surface area (Å²) in [4.78, 5) is 45.8. The van der Waals surface area contributed by atoms with Crippen LogP contribution in [-0.2, 0) is 22.6 Å². The Morgan fingerprint density at radius 1 is 1.00 bits per heavy atom. The smallest absolute Gasteiger partial charge is 0.251 e. The normalized spacial score (nSPS) is 25.1. The standard InChI is InChI=1S/C48H69N7O6/c1-29-39-24-35(48(39,3)4)25-40(29)51-46(59)43-42(30(2)57)41(28-56)61-55(43)27-32-18-15-19-38(44(32)60-11)33-21-34(23-37(22-33)52(5)6)45(58)50-36(20-31-16-13-12-14-17-31)26-49-47(53(7)8)54(9)10/h12-19,21-23,29-30,35-36,39-43,56-57H,20,24-28H2,1-11H3,(H,50,58)(H,51,59)/t29-,30-,35-,36-,39+,40-,41-,42+,43?/m0/s1. The van der Waals surface area contributed by atoms with E-state index in [9.17, 15) is 19.8 Å². The Balaban J connectivity index is 1.29. The van der Waals surface area contributed by atoms with Crippen molar-refractivity contribution < 1.29 is 29.4 Å². The average Bonchev–Trinajstić information content (AvgIpc) is 3.59. The van der Waals surface area contributed by atoms with Crippen LogP contribution in [0.15, 0.2) is 71.7 Å². The first kappa shape index (κ1) is 45.8. The highest BCUT2D eigenvalue weighted by Gasteiger charge is 2.57. The summed E-state index contributed by atoms with van der Waals surface area (Å²) in [6, 6.07) is 20.6. The van der Waals surface area contributed by atoms with Crippen LogP contribution in [0.3, 0.4) is 0 Å². The third kappa shape index (κ3) is 9.85. The monoisotopic (exact) mass is 840 g/mol. The Morgan fingerprint density at radius 3 is 2.30 bits per heavy atom. The minimum absolute atomic E-state index is 0.0251. The first-order valence-corrected chi connectivity index (χ1v) is 21.7. The number of benzene rings is 3. The van der Waals surface area contributed by atoms with Crippen LogP contribution < -0.4 is 20.3 Å². The van der Waals surface area contributed by atoms with Gasteiger partial charge in [-0.3, -0.25) is 19.4 Å². The number of amides is 2. The third-order valence-electron chi connectivity index (χ3n) is 13.6. The number of guanidine groups is 1. The minimum atomic E-state index is -0.914. The van der Waals surface area contributed by atoms with Gasteiger partial charge >= 0.3 is 0 Å². The number of hydroxylamine groups is 2. The highest BCUT2D eigenvalue weighted by molar-refractivity contribution is 5.97. The molecule has 13 heteroatoms. The van der Waals surface area contributed by atoms with E-state index in [-0.39, 0.29) is 42.5 Å². The van der Waals surface area contributed by atoms with Crippen LogP contribution in [0, 0.1) is 29.1 Å². The number of nitrogens with zero attached hydrogens (tertiary/aromatic N) is 5. The molecule has 2 amide bonds. The molecule has 61 heavy (non-hydrogen) atoms. The molecule has 4 N–H and O–H groups in total. The number of hydrogen-bond donors (Lipinski definition) is 4. The van der Waals surface area contributed by atoms with E-state index in [1.54, 1.807) is 19.1 Å². The van der Waals surface area contributed by atoms with Gasteiger partial charge in [-0.05, 0) is 78.7 Å². The van der Waals surface area contributed by atoms with Crippen molar-refractivity contribution in [2.75, 3.05) is 67.4 Å². The summed E-state index contributed by atoms with van der Waals surface area (Å²) >= 11 is 0. The van der Waals surface area contributed by atoms with E-state index in [1.165, 1.54) is 6.42 Å². The molecule has 9 atom stereocenters. The van der Waals surface area contributed by atoms with Gasteiger partial charge in [0, 0.05) is 76.6 Å². The Morgan fingerprint density at radius 2 is 1.70 bits per heavy atom. The van der Waals surface area contributed by atoms with Gasteiger partial charge in [0.15, 0.2) is 5.96 Å². The first-order valence-electron chi connectivity index (χ1n) is 21.7. The molecular formula is C48H69N7O6. The maximum Gasteiger partial charge on any atom is 0.251 e. The number of methoxy groups -OCH3 is 1. The number of rotatable bonds is 15. The van der Waals surface area contributed by atoms with Crippen LogP contribution in [0.1, 0.15) is 62.0 Å². The van der Waals surface area contributed by atoms with E-state index in [0.29, 0.717) is 42.0 Å². The molecule has 7 rings (SSSR count). The van der Waals surface area contributed by atoms with Gasteiger partial charge < -0.3 is 40.3 Å². The summed E-state index contributed by atoms with van der Waals surface area (Å²) in [6.07, 6.45) is 1.03. The topological polar surface area (TPSA) is 142 Å². The number of hydrogen-bond acceptors (Lipinski definition) is 9. The lowest BCUT2D eigenvalue weighted by atomic mass is 9.45. The number of fused-ring (bicyclic) bond motifs is 2. The molecule has 332 valence electrons. The molecule has 13 nitrogen and oxygen atoms in total. The fourth-order valence-electron chi connectivity index (χ4n) is 10.2. The summed E-state index contributed by atoms with van der Waals surface area (Å²) in [5.41, 5.74) is 4.96. The zero-order chi connectivity index (χ0) is 44.3. The quantitative estimate of drug-likeness (QED) is 0.123. The molecule has 1 heterocycles. The Labute approximate surface area is 363 Å². The number of para-hydroxylation sites is 1. The van der Waals surface area contributed by atoms with Crippen molar-refractivity contribution in [3.05, 3.63) is 83.4 Å². The number of carbonyl (C=O) groups is 2. The van der Waals surface area contributed by atoms with Crippen molar-refractivity contribution in [2.24, 2.45) is 34.1 Å². The van der Waals surface area contributed by atoms with Crippen LogP contribution >= 0.6 is 0 Å². The molecule has 4 fully saturated rings. The Hall–Kier alpha value is -4.69. The number of aliphatic imine (C=N–C) groups is 1. The van der Waals surface area contributed by atoms with E-state index >= 15 is 0 Å². The third-order valence-corrected chi connectivity index (χ3v) is 13.6. The van der Waals surface area contributed by atoms with Crippen molar-refractivity contribution in [3.63, 3.8) is 0 Å². The maximum absolute atomic E-state index is 14.4. The van der Waals surface area contributed by atoms with Crippen molar-refractivity contribution in [1.82, 2.24) is 25.5 Å². The number of carbonyl (C=O) groups excluding carboxylic acids is 2. The van der Waals surface area contributed by atoms with Crippen LogP contribution in [-0.4, -0.2) is 136 Å². The summed E-state index contributed by atoms with van der Waals surface area (Å²) in [7, 11) is 13.3. The van der Waals surface area contributed by atoms with Crippen LogP contribution in [0.25, 0.3) is 11.1 Å². The van der Waals surface area contributed by atoms with Gasteiger partial charge in [-0.25, -0.2) is 0 Å². The lowest BCUT2D eigenvalue weighted by Crippen LogP contribution is -2.62. The molecule has 1 saturated heterocycles. The molecule has 3 saturated carbocycles. The molecule has 1 aliphatic heterocycles. The van der Waals surface area contributed by atoms with Gasteiger partial charge in [0.2, 0.25) is 5.91 Å². The predicted octanol–water partition coefficient (Wildman–Crippen LogP) is 4.91. The van der Waals surface area contributed by atoms with Gasteiger partial charge in [-0.2, -0.15) is 5.06 Å². The van der Waals surface area contributed by atoms with Crippen LogP contribution in [0.2, 0.25) is 0 Å². The number of aliphatic hydroxyl groups excluding tert-OH is 2. The van der Waals surface area contributed by atoms with E-state index in [2.05, 4.69) is 43.5 Å². The fraction of sp³-hybridized carbons (Fsp3) is 0.562. The second kappa shape index (κ2) is 19.1. The van der Waals surface area contributed by atoms with Crippen molar-refractivity contribution >= 4 is 23.5 Å². The summed E-state index contributed by atoms with van der Waals surface area (Å²) in [5.74, 6) is 1.70. The van der Waals surface area contributed by atoms with Crippen molar-refractivity contribution in [3.8, 4) is 16.9 Å². The molecule has 0 radical (unpaired) electrons. The molecule has 3 aromatic rings. The zero-order valence-corrected chi connectivity index (χ0v) is 38.1. The average molecular weight is 840 g/mol. The minimum Gasteiger partial charge on any atom is -0.496 e. The maximum atomic E-state index is 14.4. The summed E-state index contributed by atoms with van der Waals surface area (Å²) in [5, 5.41) is 29.7. The summed E-state index contributed by atoms with van der Waals surface area (Å²) in [6.45, 7) is 8.74. The lowest BCUT2D eigenvalue weighted by Gasteiger charge is -2.62. The van der Waals surface area contributed by atoms with Gasteiger partial charge in [-0.1, -0.05) is 69.3 Å². The van der Waals surface area contributed by atoms with E-state index in [0.717, 1.165) is 40.3 Å². The highest BCUT2D eigenvalue weighted by atomic mass is 16.7. The Bertz CT molecular complexity index is 2010. The molecule has 0 aromatic heterocycles. The molecule has 2 bridgehead atoms. The Kier molecular flexibility index (Phi) is 14.4. The number of ether oxygens (including phenoxy) is 1. The van der Waals surface area contributed by atoms with Crippen molar-refractivity contribution in [1.29, 1.82) is 0 Å². The SMILES string of the molecule is COc1c(CN2O[C@@H](CO)[C@@H]([C@H](C)O)C2C(=O)N[C@H]2C[C@@H]3C[C@H]([C@@H]2C)C3(C)C)cccc1-c1cc(C(=O)N[C@H](CN=C(N(C)C)N(C)C)Cc2ccccc2)cc(N(C)C)c1. The van der Waals surface area contributed by atoms with Crippen molar-refractivity contribution in [2.45, 2.75) is 83.8 Å². The summed E-state index contributed by atoms with van der Waals surface area (Å²) < 4.78 is 6.14. The second-order valence-electron chi connectivity index (χ2n) is 18.7. The number of nitrogens with one attached hydrogen (secondary N) is 2. The highest BCUT2D eigenvalue weighted by Crippen LogP contribution is 2.61. The number of aliphatic hydroxyl groups is 2. The van der Waals surface area contributed by atoms with Gasteiger partial charge in [0.25, 0.3) is 5.91 Å². The van der Waals surface area contributed by atoms with Gasteiger partial charge in [-0.15, -0.1) is 0 Å². The molecule has 4 aliphatic rings. The van der Waals surface area contributed by atoms with Crippen LogP contribution in [0.5, 0.6) is 5.75 Å². The molecule has 0 spiro atoms. The first-order chi connectivity index (χ1) is 28.9. The molecule has 1 unspecified atom stereocenters. The van der Waals surface area contributed by atoms with E-state index < -0.39 is 24.2 Å². The zero-order valence-electron chi connectivity index (χ0n) is 38.1. The largest absolute Gasteiger partial charge is 0.496 e. The molecule has 3 aliphatic carbocycles.